The Morgan fingerprint density at radius 3 is 1.03 bits per heavy atom. The van der Waals surface area contributed by atoms with Gasteiger partial charge in [0, 0.05) is 6.42 Å². The van der Waals surface area contributed by atoms with E-state index in [-0.39, 0.29) is 5.97 Å². The monoisotopic (exact) mass is 839 g/mol. The lowest BCUT2D eigenvalue weighted by atomic mass is 10.0. The van der Waals surface area contributed by atoms with Crippen LogP contribution in [0, 0.1) is 0 Å². The summed E-state index contributed by atoms with van der Waals surface area (Å²) in [5, 5.41) is 0. The quantitative estimate of drug-likeness (QED) is 0.0466. The van der Waals surface area contributed by atoms with Crippen molar-refractivity contribution in [2.24, 2.45) is 0 Å². The Balaban J connectivity index is 1.69. The fraction of sp³-hybridized carbons (Fsp3) is 0.857. The highest BCUT2D eigenvalue weighted by Crippen LogP contribution is 2.16. The average molecular weight is 839 g/mol. The number of hydrogen-bond donors (Lipinski definition) is 0. The molecule has 0 aliphatic carbocycles. The van der Waals surface area contributed by atoms with Crippen LogP contribution in [0.2, 0.25) is 0 Å². The molecule has 0 saturated carbocycles. The minimum Gasteiger partial charge on any atom is -0.491 e. The molecule has 59 heavy (non-hydrogen) atoms. The number of carbonyl (C=O) groups is 1. The van der Waals surface area contributed by atoms with Crippen molar-refractivity contribution >= 4 is 5.97 Å². The van der Waals surface area contributed by atoms with Crippen molar-refractivity contribution in [1.82, 2.24) is 0 Å². The van der Waals surface area contributed by atoms with Crippen LogP contribution >= 0.6 is 0 Å². The minimum atomic E-state index is -0.126. The summed E-state index contributed by atoms with van der Waals surface area (Å²) in [6.45, 7) is 12.3. The summed E-state index contributed by atoms with van der Waals surface area (Å²) in [5.74, 6) is 0.761. The topological polar surface area (TPSA) is 100 Å². The molecule has 1 rings (SSSR count). The summed E-state index contributed by atoms with van der Waals surface area (Å²) >= 11 is 0. The summed E-state index contributed by atoms with van der Waals surface area (Å²) in [5.41, 5.74) is 1.38. The zero-order valence-electron chi connectivity index (χ0n) is 38.2. The SMILES string of the molecule is CCCCCCCCCCCCCCCCCC(=O)OCCOCCOCCOCCOCCOCCOCCOCCOc1ccc(CCCCCCCCC)cc1. The summed E-state index contributed by atoms with van der Waals surface area (Å²) in [6, 6.07) is 8.46. The molecule has 0 N–H and O–H groups in total. The second-order valence-corrected chi connectivity index (χ2v) is 15.6. The third-order valence-electron chi connectivity index (χ3n) is 10.2. The van der Waals surface area contributed by atoms with Gasteiger partial charge in [0.15, 0.2) is 0 Å². The van der Waals surface area contributed by atoms with Crippen LogP contribution in [0.4, 0.5) is 0 Å². The molecule has 0 radical (unpaired) electrons. The molecule has 0 unspecified atom stereocenters. The van der Waals surface area contributed by atoms with Crippen LogP contribution in [0.5, 0.6) is 5.75 Å². The predicted octanol–water partition coefficient (Wildman–Crippen LogP) is 11.3. The predicted molar refractivity (Wildman–Crippen MR) is 240 cm³/mol. The largest absolute Gasteiger partial charge is 0.491 e. The van der Waals surface area contributed by atoms with Crippen LogP contribution < -0.4 is 4.74 Å². The number of carbonyl (C=O) groups excluding carboxylic acids is 1. The molecule has 0 heterocycles. The van der Waals surface area contributed by atoms with E-state index < -0.39 is 0 Å². The van der Waals surface area contributed by atoms with E-state index in [9.17, 15) is 4.79 Å². The lowest BCUT2D eigenvalue weighted by Crippen LogP contribution is -2.15. The molecule has 0 spiro atoms. The van der Waals surface area contributed by atoms with E-state index in [0.717, 1.165) is 25.0 Å². The molecule has 1 aromatic carbocycles. The normalized spacial score (nSPS) is 11.4. The van der Waals surface area contributed by atoms with Crippen LogP contribution in [0.3, 0.4) is 0 Å². The molecule has 0 aliphatic rings. The number of hydrogen-bond acceptors (Lipinski definition) is 10. The van der Waals surface area contributed by atoms with Gasteiger partial charge >= 0.3 is 5.97 Å². The number of benzene rings is 1. The lowest BCUT2D eigenvalue weighted by Gasteiger charge is -2.09. The minimum absolute atomic E-state index is 0.126. The van der Waals surface area contributed by atoms with Gasteiger partial charge < -0.3 is 42.6 Å². The van der Waals surface area contributed by atoms with E-state index >= 15 is 0 Å². The smallest absolute Gasteiger partial charge is 0.305 e. The number of aryl methyl sites for hydroxylation is 1. The molecule has 0 aliphatic heterocycles. The fourth-order valence-corrected chi connectivity index (χ4v) is 6.61. The van der Waals surface area contributed by atoms with Crippen LogP contribution in [-0.4, -0.2) is 112 Å². The van der Waals surface area contributed by atoms with Gasteiger partial charge in [-0.2, -0.15) is 0 Å². The van der Waals surface area contributed by atoms with Crippen molar-refractivity contribution in [1.29, 1.82) is 0 Å². The van der Waals surface area contributed by atoms with Crippen molar-refractivity contribution in [3.63, 3.8) is 0 Å². The van der Waals surface area contributed by atoms with Crippen LogP contribution in [-0.2, 0) is 49.1 Å². The maximum absolute atomic E-state index is 11.9. The van der Waals surface area contributed by atoms with Gasteiger partial charge in [-0.1, -0.05) is 154 Å². The Morgan fingerprint density at radius 1 is 0.356 bits per heavy atom. The first-order valence-electron chi connectivity index (χ1n) is 24.2. The van der Waals surface area contributed by atoms with E-state index in [1.54, 1.807) is 0 Å². The molecule has 346 valence electrons. The van der Waals surface area contributed by atoms with Gasteiger partial charge in [0.25, 0.3) is 0 Å². The van der Waals surface area contributed by atoms with Crippen molar-refractivity contribution in [2.45, 2.75) is 168 Å². The highest BCUT2D eigenvalue weighted by atomic mass is 16.6. The first-order chi connectivity index (χ1) is 29.3. The second-order valence-electron chi connectivity index (χ2n) is 15.6. The third kappa shape index (κ3) is 42.7. The zero-order chi connectivity index (χ0) is 42.2. The zero-order valence-corrected chi connectivity index (χ0v) is 38.2. The summed E-state index contributed by atoms with van der Waals surface area (Å²) in [7, 11) is 0. The highest BCUT2D eigenvalue weighted by molar-refractivity contribution is 5.69. The summed E-state index contributed by atoms with van der Waals surface area (Å²) in [6.07, 6.45) is 30.8. The Labute approximate surface area is 361 Å². The van der Waals surface area contributed by atoms with Gasteiger partial charge in [-0.05, 0) is 37.0 Å². The van der Waals surface area contributed by atoms with Gasteiger partial charge in [-0.15, -0.1) is 0 Å². The molecular formula is C49H90O10. The maximum atomic E-state index is 11.9. The van der Waals surface area contributed by atoms with Crippen molar-refractivity contribution in [2.75, 3.05) is 106 Å². The fourth-order valence-electron chi connectivity index (χ4n) is 6.61. The Bertz CT molecular complexity index is 963. The van der Waals surface area contributed by atoms with E-state index in [0.29, 0.717) is 112 Å². The molecule has 10 nitrogen and oxygen atoms in total. The van der Waals surface area contributed by atoms with E-state index in [2.05, 4.69) is 38.1 Å². The molecule has 0 fully saturated rings. The summed E-state index contributed by atoms with van der Waals surface area (Å²) < 4.78 is 49.9. The molecule has 10 heteroatoms. The Morgan fingerprint density at radius 2 is 0.661 bits per heavy atom. The Hall–Kier alpha value is -1.79. The molecule has 0 saturated heterocycles. The van der Waals surface area contributed by atoms with Crippen molar-refractivity contribution < 1.29 is 47.4 Å². The molecule has 0 bridgehead atoms. The average Bonchev–Trinajstić information content (AvgIpc) is 3.25. The van der Waals surface area contributed by atoms with Crippen LogP contribution in [0.25, 0.3) is 0 Å². The van der Waals surface area contributed by atoms with Gasteiger partial charge in [-0.3, -0.25) is 4.79 Å². The first kappa shape index (κ1) is 55.2. The first-order valence-corrected chi connectivity index (χ1v) is 24.2. The van der Waals surface area contributed by atoms with Gasteiger partial charge in [0.2, 0.25) is 0 Å². The maximum Gasteiger partial charge on any atom is 0.305 e. The lowest BCUT2D eigenvalue weighted by molar-refractivity contribution is -0.145. The summed E-state index contributed by atoms with van der Waals surface area (Å²) in [4.78, 5) is 11.9. The van der Waals surface area contributed by atoms with Gasteiger partial charge in [-0.25, -0.2) is 0 Å². The standard InChI is InChI=1S/C49H90O10/c1-3-5-7-9-11-12-13-14-15-16-17-18-20-22-24-26-49(50)59-46-44-57-42-40-55-38-36-53-34-32-51-31-33-52-35-37-54-39-41-56-43-45-58-48-29-27-47(28-30-48)25-23-21-19-10-8-6-4-2/h27-30H,3-26,31-46H2,1-2H3. The molecule has 0 amide bonds. The van der Waals surface area contributed by atoms with Crippen molar-refractivity contribution in [3.8, 4) is 5.75 Å². The van der Waals surface area contributed by atoms with Crippen molar-refractivity contribution in [3.05, 3.63) is 29.8 Å². The number of unbranched alkanes of at least 4 members (excludes halogenated alkanes) is 20. The Kier molecular flexibility index (Phi) is 44.2. The van der Waals surface area contributed by atoms with Gasteiger partial charge in [0.1, 0.15) is 19.0 Å². The van der Waals surface area contributed by atoms with E-state index in [4.69, 9.17) is 42.6 Å². The third-order valence-corrected chi connectivity index (χ3v) is 10.2. The number of ether oxygens (including phenoxy) is 9. The van der Waals surface area contributed by atoms with E-state index in [1.807, 2.05) is 0 Å². The molecular weight excluding hydrogens is 749 g/mol. The van der Waals surface area contributed by atoms with Crippen LogP contribution in [0.15, 0.2) is 24.3 Å². The number of rotatable bonds is 49. The van der Waals surface area contributed by atoms with Gasteiger partial charge in [0.05, 0.1) is 92.5 Å². The molecule has 0 aromatic heterocycles. The molecule has 0 atom stereocenters. The number of esters is 1. The van der Waals surface area contributed by atoms with E-state index in [1.165, 1.54) is 134 Å². The molecule has 1 aromatic rings. The second kappa shape index (κ2) is 47.3. The van der Waals surface area contributed by atoms with Crippen LogP contribution in [0.1, 0.15) is 167 Å². The highest BCUT2D eigenvalue weighted by Gasteiger charge is 2.03.